The first-order valence-electron chi connectivity index (χ1n) is 36.3. The number of phosphoric ester groups is 2. The number of carbonyl (C=O) groups is 4. The maximum atomic E-state index is 13.0. The average Bonchev–Trinajstić information content (AvgIpc) is 3.69. The maximum Gasteiger partial charge on any atom is 0.472 e. The summed E-state index contributed by atoms with van der Waals surface area (Å²) < 4.78 is 68.2. The molecule has 0 saturated heterocycles. The average molecular weight is 1310 g/mol. The summed E-state index contributed by atoms with van der Waals surface area (Å²) in [5.74, 6) is 0.840. The van der Waals surface area contributed by atoms with Crippen molar-refractivity contribution in [3.05, 3.63) is 0 Å². The van der Waals surface area contributed by atoms with Crippen LogP contribution in [0, 0.1) is 23.7 Å². The fourth-order valence-corrected chi connectivity index (χ4v) is 12.0. The quantitative estimate of drug-likeness (QED) is 0.0222. The minimum absolute atomic E-state index is 0.101. The van der Waals surface area contributed by atoms with E-state index >= 15 is 0 Å². The van der Waals surface area contributed by atoms with Crippen LogP contribution in [0.4, 0.5) is 0 Å². The summed E-state index contributed by atoms with van der Waals surface area (Å²) in [6, 6.07) is 0. The van der Waals surface area contributed by atoms with E-state index in [9.17, 15) is 43.2 Å². The van der Waals surface area contributed by atoms with Gasteiger partial charge in [0.15, 0.2) is 12.2 Å². The van der Waals surface area contributed by atoms with E-state index in [1.54, 1.807) is 0 Å². The first-order chi connectivity index (χ1) is 42.7. The van der Waals surface area contributed by atoms with Gasteiger partial charge in [-0.1, -0.05) is 293 Å². The Balaban J connectivity index is 5.21. The normalized spacial score (nSPS) is 14.9. The number of ether oxygens (including phenoxy) is 4. The van der Waals surface area contributed by atoms with Gasteiger partial charge in [0.1, 0.15) is 19.3 Å². The number of esters is 4. The minimum Gasteiger partial charge on any atom is -0.462 e. The lowest BCUT2D eigenvalue weighted by Gasteiger charge is -2.21. The third-order valence-electron chi connectivity index (χ3n) is 16.8. The van der Waals surface area contributed by atoms with Gasteiger partial charge in [0.25, 0.3) is 0 Å². The molecule has 0 aromatic heterocycles. The van der Waals surface area contributed by atoms with E-state index in [1.807, 2.05) is 0 Å². The van der Waals surface area contributed by atoms with Crippen molar-refractivity contribution < 1.29 is 80.2 Å². The van der Waals surface area contributed by atoms with Crippen LogP contribution < -0.4 is 0 Å². The van der Waals surface area contributed by atoms with Crippen molar-refractivity contribution >= 4 is 39.5 Å². The Bertz CT molecular complexity index is 1770. The molecule has 7 atom stereocenters. The predicted octanol–water partition coefficient (Wildman–Crippen LogP) is 19.7. The molecule has 0 radical (unpaired) electrons. The van der Waals surface area contributed by atoms with Gasteiger partial charge in [-0.2, -0.15) is 0 Å². The number of unbranched alkanes of at least 4 members (excludes halogenated alkanes) is 31. The molecule has 0 bridgehead atoms. The van der Waals surface area contributed by atoms with Crippen LogP contribution in [-0.2, 0) is 65.4 Å². The van der Waals surface area contributed by atoms with Crippen molar-refractivity contribution in [1.29, 1.82) is 0 Å². The van der Waals surface area contributed by atoms with Gasteiger partial charge in [-0.25, -0.2) is 9.13 Å². The number of hydrogen-bond donors (Lipinski definition) is 3. The van der Waals surface area contributed by atoms with E-state index in [1.165, 1.54) is 141 Å². The van der Waals surface area contributed by atoms with Crippen molar-refractivity contribution in [2.24, 2.45) is 23.7 Å². The molecule has 0 aromatic rings. The van der Waals surface area contributed by atoms with Crippen molar-refractivity contribution in [2.45, 2.75) is 363 Å². The lowest BCUT2D eigenvalue weighted by molar-refractivity contribution is -0.161. The van der Waals surface area contributed by atoms with E-state index in [0.29, 0.717) is 31.6 Å². The number of aliphatic hydroxyl groups is 1. The fraction of sp³-hybridized carbons (Fsp3) is 0.943. The highest BCUT2D eigenvalue weighted by atomic mass is 31.2. The molecule has 0 aliphatic heterocycles. The zero-order valence-corrected chi connectivity index (χ0v) is 59.8. The number of carbonyl (C=O) groups excluding carboxylic acids is 4. The summed E-state index contributed by atoms with van der Waals surface area (Å²) in [6.07, 6.45) is 41.9. The first kappa shape index (κ1) is 87.1. The molecule has 0 rings (SSSR count). The van der Waals surface area contributed by atoms with Crippen molar-refractivity contribution in [3.8, 4) is 0 Å². The van der Waals surface area contributed by atoms with Gasteiger partial charge in [-0.05, 0) is 49.4 Å². The third-order valence-corrected chi connectivity index (χ3v) is 18.7. The van der Waals surface area contributed by atoms with E-state index < -0.39 is 97.5 Å². The molecular weight excluding hydrogens is 1170 g/mol. The summed E-state index contributed by atoms with van der Waals surface area (Å²) in [6.45, 7) is 14.0. The van der Waals surface area contributed by atoms with E-state index in [2.05, 4.69) is 55.4 Å². The van der Waals surface area contributed by atoms with Crippen LogP contribution in [0.15, 0.2) is 0 Å². The van der Waals surface area contributed by atoms with Gasteiger partial charge in [0, 0.05) is 25.7 Å². The molecule has 0 aliphatic rings. The number of phosphoric acid groups is 2. The van der Waals surface area contributed by atoms with Crippen molar-refractivity contribution in [1.82, 2.24) is 0 Å². The Kier molecular flexibility index (Phi) is 58.5. The lowest BCUT2D eigenvalue weighted by Crippen LogP contribution is -2.30. The zero-order chi connectivity index (χ0) is 66.1. The number of rotatable bonds is 67. The van der Waals surface area contributed by atoms with Gasteiger partial charge in [-0.3, -0.25) is 37.3 Å². The van der Waals surface area contributed by atoms with Crippen LogP contribution >= 0.6 is 15.6 Å². The molecule has 0 amide bonds. The summed E-state index contributed by atoms with van der Waals surface area (Å²) in [4.78, 5) is 72.5. The van der Waals surface area contributed by atoms with Gasteiger partial charge >= 0.3 is 39.5 Å². The van der Waals surface area contributed by atoms with Crippen molar-refractivity contribution in [3.63, 3.8) is 0 Å². The standard InChI is InChI=1S/C70H136O17P2/c1-9-62(7)48-40-32-23-20-21-25-36-44-52-69(74)86-65(56-80-67(72)50-42-34-24-19-17-15-13-11-12-14-16-18-22-30-38-46-60(3)4)58-84-88(76,77)82-54-64(71)55-83-89(78,79)85-59-66(57-81-68(73)51-43-35-28-26-31-39-47-61(5)6)87-70(75)53-45-37-29-27-33-41-49-63(8)10-2/h60-66,71H,9-59H2,1-8H3,(H,76,77)(H,78,79)/t62?,63?,64-,65-,66-/m1/s1. The smallest absolute Gasteiger partial charge is 0.462 e. The Morgan fingerprint density at radius 3 is 0.798 bits per heavy atom. The zero-order valence-electron chi connectivity index (χ0n) is 58.1. The van der Waals surface area contributed by atoms with Crippen LogP contribution in [0.2, 0.25) is 0 Å². The maximum absolute atomic E-state index is 13.0. The molecule has 89 heavy (non-hydrogen) atoms. The number of aliphatic hydroxyl groups excluding tert-OH is 1. The minimum atomic E-state index is -4.95. The van der Waals surface area contributed by atoms with E-state index in [-0.39, 0.29) is 25.7 Å². The van der Waals surface area contributed by atoms with Gasteiger partial charge in [0.2, 0.25) is 0 Å². The van der Waals surface area contributed by atoms with Crippen LogP contribution in [0.3, 0.4) is 0 Å². The van der Waals surface area contributed by atoms with E-state index in [0.717, 1.165) is 114 Å². The van der Waals surface area contributed by atoms with Crippen LogP contribution in [0.5, 0.6) is 0 Å². The molecule has 0 aromatic carbocycles. The van der Waals surface area contributed by atoms with Gasteiger partial charge < -0.3 is 33.8 Å². The Hall–Kier alpha value is -1.94. The van der Waals surface area contributed by atoms with Crippen LogP contribution in [0.1, 0.15) is 344 Å². The summed E-state index contributed by atoms with van der Waals surface area (Å²) in [5, 5.41) is 10.6. The van der Waals surface area contributed by atoms with Gasteiger partial charge in [-0.15, -0.1) is 0 Å². The number of hydrogen-bond acceptors (Lipinski definition) is 15. The molecular formula is C70H136O17P2. The molecule has 3 N–H and O–H groups in total. The molecule has 0 fully saturated rings. The predicted molar refractivity (Wildman–Crippen MR) is 358 cm³/mol. The molecule has 0 spiro atoms. The van der Waals surface area contributed by atoms with Crippen LogP contribution in [-0.4, -0.2) is 96.7 Å². The molecule has 4 unspecified atom stereocenters. The second-order valence-electron chi connectivity index (χ2n) is 26.7. The Morgan fingerprint density at radius 1 is 0.315 bits per heavy atom. The monoisotopic (exact) mass is 1310 g/mol. The highest BCUT2D eigenvalue weighted by molar-refractivity contribution is 7.47. The largest absolute Gasteiger partial charge is 0.472 e. The molecule has 528 valence electrons. The third kappa shape index (κ3) is 62.0. The highest BCUT2D eigenvalue weighted by Crippen LogP contribution is 2.45. The molecule has 0 saturated carbocycles. The molecule has 19 heteroatoms. The Morgan fingerprint density at radius 2 is 0.539 bits per heavy atom. The topological polar surface area (TPSA) is 237 Å². The first-order valence-corrected chi connectivity index (χ1v) is 39.3. The molecule has 0 heterocycles. The lowest BCUT2D eigenvalue weighted by atomic mass is 9.99. The highest BCUT2D eigenvalue weighted by Gasteiger charge is 2.30. The van der Waals surface area contributed by atoms with Crippen molar-refractivity contribution in [2.75, 3.05) is 39.6 Å². The summed E-state index contributed by atoms with van der Waals surface area (Å²) >= 11 is 0. The van der Waals surface area contributed by atoms with E-state index in [4.69, 9.17) is 37.0 Å². The van der Waals surface area contributed by atoms with Gasteiger partial charge in [0.05, 0.1) is 26.4 Å². The second kappa shape index (κ2) is 59.8. The summed E-state index contributed by atoms with van der Waals surface area (Å²) in [7, 11) is -9.90. The molecule has 0 aliphatic carbocycles. The SMILES string of the molecule is CCC(C)CCCCCCCCCCC(=O)O[C@H](COC(=O)CCCCCCCCCCCCCCCCCC(C)C)COP(=O)(O)OC[C@@H](O)COP(=O)(O)OC[C@@H](COC(=O)CCCCCCCCC(C)C)OC(=O)CCCCCCCCC(C)CC. The summed E-state index contributed by atoms with van der Waals surface area (Å²) in [5.41, 5.74) is 0. The molecule has 17 nitrogen and oxygen atoms in total. The fourth-order valence-electron chi connectivity index (χ4n) is 10.4. The second-order valence-corrected chi connectivity index (χ2v) is 29.6. The Labute approximate surface area is 543 Å². The van der Waals surface area contributed by atoms with Crippen LogP contribution in [0.25, 0.3) is 0 Å².